The molecule has 0 unspecified atom stereocenters. The maximum absolute atomic E-state index is 11.5. The minimum Gasteiger partial charge on any atom is -0.390 e. The molecule has 0 aromatic carbocycles. The topological polar surface area (TPSA) is 43.1 Å². The Balaban J connectivity index is 3.02. The van der Waals surface area contributed by atoms with Gasteiger partial charge >= 0.3 is 0 Å². The maximum Gasteiger partial charge on any atom is 0.168 e. The lowest BCUT2D eigenvalue weighted by Crippen LogP contribution is -2.07. The van der Waals surface area contributed by atoms with Crippen molar-refractivity contribution in [3.63, 3.8) is 0 Å². The predicted molar refractivity (Wildman–Crippen MR) is 52.6 cm³/mol. The van der Waals surface area contributed by atoms with Crippen molar-refractivity contribution in [3.05, 3.63) is 16.5 Å². The summed E-state index contributed by atoms with van der Waals surface area (Å²) < 4.78 is 0. The third-order valence-corrected chi connectivity index (χ3v) is 2.55. The predicted octanol–water partition coefficient (Wildman–Crippen LogP) is 2.48. The van der Waals surface area contributed by atoms with Gasteiger partial charge in [-0.05, 0) is 13.0 Å². The zero-order chi connectivity index (χ0) is 9.30. The molecule has 66 valence electrons. The van der Waals surface area contributed by atoms with Crippen molar-refractivity contribution >= 4 is 22.1 Å². The Morgan fingerprint density at radius 1 is 1.58 bits per heavy atom. The van der Waals surface area contributed by atoms with Crippen molar-refractivity contribution in [2.24, 2.45) is 5.92 Å². The lowest BCUT2D eigenvalue weighted by Gasteiger charge is -2.01. The summed E-state index contributed by atoms with van der Waals surface area (Å²) in [7, 11) is 0. The van der Waals surface area contributed by atoms with Gasteiger partial charge in [-0.25, -0.2) is 0 Å². The third kappa shape index (κ3) is 1.67. The van der Waals surface area contributed by atoms with Crippen molar-refractivity contribution < 1.29 is 4.79 Å². The Hall–Kier alpha value is -0.830. The van der Waals surface area contributed by atoms with Crippen LogP contribution in [0.5, 0.6) is 0 Å². The number of hydrogen-bond donors (Lipinski definition) is 1. The highest BCUT2D eigenvalue weighted by atomic mass is 32.1. The first kappa shape index (κ1) is 9.26. The molecule has 1 rings (SSSR count). The van der Waals surface area contributed by atoms with Crippen molar-refractivity contribution in [2.45, 2.75) is 20.8 Å². The Morgan fingerprint density at radius 3 is 2.50 bits per heavy atom. The van der Waals surface area contributed by atoms with E-state index in [0.29, 0.717) is 10.6 Å². The molecule has 0 bridgehead atoms. The molecule has 0 saturated heterocycles. The van der Waals surface area contributed by atoms with E-state index in [2.05, 4.69) is 0 Å². The van der Waals surface area contributed by atoms with E-state index in [4.69, 9.17) is 5.73 Å². The fraction of sp³-hybridized carbons (Fsp3) is 0.444. The number of nitrogen functional groups attached to an aromatic ring is 1. The number of hydrogen-bond acceptors (Lipinski definition) is 3. The summed E-state index contributed by atoms with van der Waals surface area (Å²) in [6.45, 7) is 5.72. The van der Waals surface area contributed by atoms with Crippen LogP contribution in [0.1, 0.15) is 29.1 Å². The first-order valence-corrected chi connectivity index (χ1v) is 4.74. The smallest absolute Gasteiger partial charge is 0.168 e. The molecule has 1 aromatic heterocycles. The lowest BCUT2D eigenvalue weighted by molar-refractivity contribution is 0.0940. The molecular weight excluding hydrogens is 170 g/mol. The largest absolute Gasteiger partial charge is 0.390 e. The quantitative estimate of drug-likeness (QED) is 0.716. The average Bonchev–Trinajstić information content (AvgIpc) is 2.28. The summed E-state index contributed by atoms with van der Waals surface area (Å²) in [4.78, 5) is 12.6. The van der Waals surface area contributed by atoms with E-state index in [1.165, 1.54) is 11.3 Å². The first-order chi connectivity index (χ1) is 5.52. The van der Waals surface area contributed by atoms with E-state index >= 15 is 0 Å². The molecule has 0 aliphatic heterocycles. The molecule has 0 fully saturated rings. The second-order valence-electron chi connectivity index (χ2n) is 3.15. The number of carbonyl (C=O) groups excluding carboxylic acids is 1. The van der Waals surface area contributed by atoms with Crippen LogP contribution in [-0.2, 0) is 0 Å². The Kier molecular flexibility index (Phi) is 2.52. The van der Waals surface area contributed by atoms with Crippen molar-refractivity contribution in [1.82, 2.24) is 0 Å². The fourth-order valence-electron chi connectivity index (χ4n) is 1.04. The molecule has 0 atom stereocenters. The number of carbonyl (C=O) groups is 1. The van der Waals surface area contributed by atoms with Crippen LogP contribution in [0, 0.1) is 12.8 Å². The van der Waals surface area contributed by atoms with Gasteiger partial charge in [-0.15, -0.1) is 11.3 Å². The summed E-state index contributed by atoms with van der Waals surface area (Å²) in [6.07, 6.45) is 0. The van der Waals surface area contributed by atoms with E-state index in [0.717, 1.165) is 4.88 Å². The molecule has 1 aromatic rings. The second-order valence-corrected chi connectivity index (χ2v) is 4.44. The molecule has 2 nitrogen and oxygen atoms in total. The number of thiophene rings is 1. The molecular formula is C9H13NOS. The van der Waals surface area contributed by atoms with Crippen LogP contribution in [0.15, 0.2) is 6.07 Å². The van der Waals surface area contributed by atoms with Crippen LogP contribution in [0.3, 0.4) is 0 Å². The molecule has 0 aliphatic rings. The van der Waals surface area contributed by atoms with E-state index < -0.39 is 0 Å². The van der Waals surface area contributed by atoms with Gasteiger partial charge in [0.05, 0.1) is 10.6 Å². The Bertz CT molecular complexity index is 301. The van der Waals surface area contributed by atoms with E-state index in [9.17, 15) is 4.79 Å². The minimum absolute atomic E-state index is 0.0290. The highest BCUT2D eigenvalue weighted by Crippen LogP contribution is 2.26. The second kappa shape index (κ2) is 3.27. The van der Waals surface area contributed by atoms with Crippen LogP contribution in [0.25, 0.3) is 0 Å². The lowest BCUT2D eigenvalue weighted by atomic mass is 10.0. The number of ketones is 1. The molecule has 0 amide bonds. The van der Waals surface area contributed by atoms with Gasteiger partial charge in [-0.1, -0.05) is 13.8 Å². The fourth-order valence-corrected chi connectivity index (χ4v) is 1.83. The number of Topliss-reactive ketones (excluding diaryl/α,β-unsaturated/α-hetero) is 1. The van der Waals surface area contributed by atoms with E-state index in [-0.39, 0.29) is 11.7 Å². The van der Waals surface area contributed by atoms with Gasteiger partial charge in [-0.2, -0.15) is 0 Å². The summed E-state index contributed by atoms with van der Waals surface area (Å²) in [6, 6.07) is 1.86. The average molecular weight is 183 g/mol. The minimum atomic E-state index is 0.0290. The monoisotopic (exact) mass is 183 g/mol. The maximum atomic E-state index is 11.5. The molecule has 0 saturated carbocycles. The van der Waals surface area contributed by atoms with Crippen LogP contribution in [-0.4, -0.2) is 5.78 Å². The number of anilines is 1. The molecule has 2 N–H and O–H groups in total. The van der Waals surface area contributed by atoms with Gasteiger partial charge in [-0.3, -0.25) is 4.79 Å². The van der Waals surface area contributed by atoms with Gasteiger partial charge in [0.25, 0.3) is 0 Å². The normalized spacial score (nSPS) is 10.7. The molecule has 3 heteroatoms. The molecule has 1 heterocycles. The molecule has 0 aliphatic carbocycles. The molecule has 0 radical (unpaired) electrons. The first-order valence-electron chi connectivity index (χ1n) is 3.92. The van der Waals surface area contributed by atoms with Gasteiger partial charge in [0.15, 0.2) is 5.78 Å². The van der Waals surface area contributed by atoms with Crippen molar-refractivity contribution in [1.29, 1.82) is 0 Å². The zero-order valence-corrected chi connectivity index (χ0v) is 8.37. The highest BCUT2D eigenvalue weighted by molar-refractivity contribution is 7.16. The van der Waals surface area contributed by atoms with Crippen LogP contribution in [0.2, 0.25) is 0 Å². The van der Waals surface area contributed by atoms with E-state index in [1.54, 1.807) is 0 Å². The van der Waals surface area contributed by atoms with Crippen molar-refractivity contribution in [2.75, 3.05) is 5.73 Å². The van der Waals surface area contributed by atoms with Crippen LogP contribution >= 0.6 is 11.3 Å². The van der Waals surface area contributed by atoms with Gasteiger partial charge in [0, 0.05) is 10.8 Å². The Labute approximate surface area is 76.4 Å². The van der Waals surface area contributed by atoms with Gasteiger partial charge in [0.2, 0.25) is 0 Å². The summed E-state index contributed by atoms with van der Waals surface area (Å²) in [5, 5.41) is 0.645. The summed E-state index contributed by atoms with van der Waals surface area (Å²) in [5.74, 6) is 0.165. The van der Waals surface area contributed by atoms with Crippen LogP contribution < -0.4 is 5.73 Å². The summed E-state index contributed by atoms with van der Waals surface area (Å²) in [5.41, 5.74) is 6.37. The molecule has 0 spiro atoms. The SMILES string of the molecule is Cc1cc(C(=O)C(C)C)c(N)s1. The van der Waals surface area contributed by atoms with Gasteiger partial charge < -0.3 is 5.73 Å². The molecule has 12 heavy (non-hydrogen) atoms. The Morgan fingerprint density at radius 2 is 2.17 bits per heavy atom. The van der Waals surface area contributed by atoms with E-state index in [1.807, 2.05) is 26.8 Å². The summed E-state index contributed by atoms with van der Waals surface area (Å²) >= 11 is 1.47. The standard InChI is InChI=1S/C9H13NOS/c1-5(2)8(11)7-4-6(3)12-9(7)10/h4-5H,10H2,1-3H3. The number of nitrogens with two attached hydrogens (primary N) is 1. The highest BCUT2D eigenvalue weighted by Gasteiger charge is 2.15. The van der Waals surface area contributed by atoms with Crippen molar-refractivity contribution in [3.8, 4) is 0 Å². The number of aryl methyl sites for hydroxylation is 1. The number of rotatable bonds is 2. The zero-order valence-electron chi connectivity index (χ0n) is 7.55. The van der Waals surface area contributed by atoms with Gasteiger partial charge in [0.1, 0.15) is 0 Å². The third-order valence-electron chi connectivity index (χ3n) is 1.67. The van der Waals surface area contributed by atoms with Crippen LogP contribution in [0.4, 0.5) is 5.00 Å².